The van der Waals surface area contributed by atoms with E-state index in [4.69, 9.17) is 16.3 Å². The molecule has 10 nitrogen and oxygen atoms in total. The second-order valence-electron chi connectivity index (χ2n) is 9.76. The Morgan fingerprint density at radius 2 is 1.83 bits per heavy atom. The Bertz CT molecular complexity index is 1420. The number of rotatable bonds is 5. The number of piperazine rings is 1. The quantitative estimate of drug-likeness (QED) is 0.405. The summed E-state index contributed by atoms with van der Waals surface area (Å²) >= 11 is 6.71. The van der Waals surface area contributed by atoms with Crippen molar-refractivity contribution in [1.29, 1.82) is 0 Å². The van der Waals surface area contributed by atoms with Crippen molar-refractivity contribution < 1.29 is 9.13 Å². The summed E-state index contributed by atoms with van der Waals surface area (Å²) in [5.41, 5.74) is 2.80. The number of nitrogens with zero attached hydrogens (tertiary/aromatic N) is 9. The Labute approximate surface area is 212 Å². The molecule has 0 N–H and O–H groups in total. The van der Waals surface area contributed by atoms with Gasteiger partial charge in [-0.05, 0) is 19.1 Å². The molecule has 0 saturated carbocycles. The zero-order valence-electron chi connectivity index (χ0n) is 20.4. The van der Waals surface area contributed by atoms with Crippen molar-refractivity contribution in [2.75, 3.05) is 63.3 Å². The van der Waals surface area contributed by atoms with Gasteiger partial charge in [0.15, 0.2) is 11.6 Å². The maximum Gasteiger partial charge on any atom is 0.252 e. The van der Waals surface area contributed by atoms with Crippen LogP contribution in [0.2, 0.25) is 5.02 Å². The van der Waals surface area contributed by atoms with Crippen LogP contribution in [0.4, 0.5) is 15.9 Å². The lowest BCUT2D eigenvalue weighted by Crippen LogP contribution is -2.64. The minimum absolute atomic E-state index is 0.153. The molecule has 0 atom stereocenters. The lowest BCUT2D eigenvalue weighted by atomic mass is 9.97. The summed E-state index contributed by atoms with van der Waals surface area (Å²) in [6.45, 7) is 7.58. The molecule has 12 heteroatoms. The third-order valence-electron chi connectivity index (χ3n) is 7.00. The molecule has 4 aromatic rings. The number of hydrogen-bond donors (Lipinski definition) is 0. The van der Waals surface area contributed by atoms with Gasteiger partial charge in [0, 0.05) is 45.7 Å². The van der Waals surface area contributed by atoms with Gasteiger partial charge in [-0.1, -0.05) is 11.6 Å². The highest BCUT2D eigenvalue weighted by Gasteiger charge is 2.40. The smallest absolute Gasteiger partial charge is 0.252 e. The fourth-order valence-corrected chi connectivity index (χ4v) is 5.15. The molecule has 188 valence electrons. The second kappa shape index (κ2) is 8.68. The fraction of sp³-hybridized carbons (Fsp3) is 0.417. The predicted octanol–water partition coefficient (Wildman–Crippen LogP) is 2.77. The minimum Gasteiger partial charge on any atom is -0.377 e. The molecular formula is C24H27ClFN9O. The lowest BCUT2D eigenvalue weighted by Gasteiger charge is -2.50. The average Bonchev–Trinajstić information content (AvgIpc) is 3.49. The maximum atomic E-state index is 14.0. The zero-order valence-corrected chi connectivity index (χ0v) is 21.2. The first-order chi connectivity index (χ1) is 17.3. The Kier molecular flexibility index (Phi) is 5.58. The van der Waals surface area contributed by atoms with Gasteiger partial charge in [-0.2, -0.15) is 15.2 Å². The number of hydrogen-bond acceptors (Lipinski definition) is 8. The van der Waals surface area contributed by atoms with Crippen LogP contribution in [-0.2, 0) is 4.74 Å². The summed E-state index contributed by atoms with van der Waals surface area (Å²) in [5.74, 6) is -0.0238. The predicted molar refractivity (Wildman–Crippen MR) is 136 cm³/mol. The zero-order chi connectivity index (χ0) is 25.0. The van der Waals surface area contributed by atoms with Crippen molar-refractivity contribution in [3.63, 3.8) is 0 Å². The van der Waals surface area contributed by atoms with Gasteiger partial charge >= 0.3 is 0 Å². The van der Waals surface area contributed by atoms with Crippen LogP contribution < -0.4 is 9.80 Å². The molecule has 3 aromatic heterocycles. The van der Waals surface area contributed by atoms with Crippen molar-refractivity contribution >= 4 is 34.0 Å². The summed E-state index contributed by atoms with van der Waals surface area (Å²) in [6, 6.07) is 4.05. The van der Waals surface area contributed by atoms with Gasteiger partial charge in [-0.15, -0.1) is 0 Å². The number of benzene rings is 1. The van der Waals surface area contributed by atoms with Crippen molar-refractivity contribution in [2.24, 2.45) is 0 Å². The molecule has 36 heavy (non-hydrogen) atoms. The van der Waals surface area contributed by atoms with Gasteiger partial charge in [0.05, 0.1) is 59.8 Å². The van der Waals surface area contributed by atoms with Crippen LogP contribution in [-0.4, -0.2) is 93.5 Å². The highest BCUT2D eigenvalue weighted by Crippen LogP contribution is 2.34. The molecule has 1 aromatic carbocycles. The summed E-state index contributed by atoms with van der Waals surface area (Å²) in [5, 5.41) is 10.6. The summed E-state index contributed by atoms with van der Waals surface area (Å²) < 4.78 is 22.8. The molecule has 2 aliphatic rings. The molecule has 0 spiro atoms. The van der Waals surface area contributed by atoms with E-state index in [2.05, 4.69) is 43.0 Å². The number of aromatic nitrogens is 6. The van der Waals surface area contributed by atoms with Crippen molar-refractivity contribution in [2.45, 2.75) is 12.5 Å². The van der Waals surface area contributed by atoms with Gasteiger partial charge in [0.2, 0.25) is 0 Å². The van der Waals surface area contributed by atoms with E-state index >= 15 is 0 Å². The van der Waals surface area contributed by atoms with Crippen LogP contribution in [0.1, 0.15) is 6.92 Å². The molecule has 0 unspecified atom stereocenters. The van der Waals surface area contributed by atoms with Crippen LogP contribution >= 0.6 is 11.6 Å². The lowest BCUT2D eigenvalue weighted by molar-refractivity contribution is -0.131. The largest absolute Gasteiger partial charge is 0.377 e. The molecule has 5 heterocycles. The Balaban J connectivity index is 1.29. The van der Waals surface area contributed by atoms with Gasteiger partial charge in [0.1, 0.15) is 5.69 Å². The number of fused-ring (bicyclic) bond motifs is 1. The Morgan fingerprint density at radius 1 is 1.06 bits per heavy atom. The van der Waals surface area contributed by atoms with E-state index in [1.807, 2.05) is 10.7 Å². The van der Waals surface area contributed by atoms with Gasteiger partial charge in [-0.25, -0.2) is 18.7 Å². The van der Waals surface area contributed by atoms with Crippen LogP contribution in [0.25, 0.3) is 22.5 Å². The second-order valence-corrected chi connectivity index (χ2v) is 10.2. The van der Waals surface area contributed by atoms with Crippen LogP contribution in [0.15, 0.2) is 36.9 Å². The Morgan fingerprint density at radius 3 is 2.53 bits per heavy atom. The monoisotopic (exact) mass is 511 g/mol. The van der Waals surface area contributed by atoms with Crippen molar-refractivity contribution in [3.05, 3.63) is 47.8 Å². The third-order valence-corrected chi connectivity index (χ3v) is 7.30. The number of halogens is 2. The minimum atomic E-state index is -0.491. The molecule has 0 aliphatic carbocycles. The van der Waals surface area contributed by atoms with Gasteiger partial charge in [-0.3, -0.25) is 4.90 Å². The van der Waals surface area contributed by atoms with Crippen molar-refractivity contribution in [1.82, 2.24) is 34.4 Å². The van der Waals surface area contributed by atoms with E-state index in [0.717, 1.165) is 67.9 Å². The molecule has 2 aliphatic heterocycles. The van der Waals surface area contributed by atoms with Crippen molar-refractivity contribution in [3.8, 4) is 11.6 Å². The SMILES string of the molecule is CN(C)c1nc(-n2cc(-n3ncc4cc(Cl)c(N5CCN(C6(C)COC6)CC5)cc43)cn2)ncc1F. The topological polar surface area (TPSA) is 80.4 Å². The van der Waals surface area contributed by atoms with Gasteiger partial charge in [0.25, 0.3) is 5.95 Å². The van der Waals surface area contributed by atoms with E-state index in [9.17, 15) is 4.39 Å². The molecule has 6 rings (SSSR count). The van der Waals surface area contributed by atoms with E-state index in [1.54, 1.807) is 37.6 Å². The maximum absolute atomic E-state index is 14.0. The third kappa shape index (κ3) is 3.87. The normalized spacial score (nSPS) is 18.0. The molecule has 0 amide bonds. The van der Waals surface area contributed by atoms with E-state index in [0.29, 0.717) is 5.02 Å². The molecule has 2 fully saturated rings. The average molecular weight is 512 g/mol. The molecule has 0 radical (unpaired) electrons. The van der Waals surface area contributed by atoms with Gasteiger partial charge < -0.3 is 14.5 Å². The van der Waals surface area contributed by atoms with E-state index < -0.39 is 5.82 Å². The first kappa shape index (κ1) is 23.1. The standard InChI is InChI=1S/C24H27ClFN9O/c1-24(14-36-15-24)33-6-4-32(5-7-33)21-9-20-16(8-18(21)25)10-29-35(20)17-11-28-34(13-17)23-27-12-19(26)22(30-23)31(2)3/h8-13H,4-7,14-15H2,1-3H3. The van der Waals surface area contributed by atoms with Crippen LogP contribution in [0.3, 0.4) is 0 Å². The Hall–Kier alpha value is -3.28. The van der Waals surface area contributed by atoms with Crippen LogP contribution in [0.5, 0.6) is 0 Å². The summed E-state index contributed by atoms with van der Waals surface area (Å²) in [6.07, 6.45) is 6.39. The highest BCUT2D eigenvalue weighted by atomic mass is 35.5. The number of ether oxygens (including phenoxy) is 1. The molecule has 2 saturated heterocycles. The van der Waals surface area contributed by atoms with E-state index in [-0.39, 0.29) is 17.3 Å². The van der Waals surface area contributed by atoms with Crippen LogP contribution in [0, 0.1) is 5.82 Å². The number of anilines is 2. The first-order valence-corrected chi connectivity index (χ1v) is 12.2. The summed E-state index contributed by atoms with van der Waals surface area (Å²) in [4.78, 5) is 14.8. The first-order valence-electron chi connectivity index (χ1n) is 11.8. The molecular weight excluding hydrogens is 485 g/mol. The summed E-state index contributed by atoms with van der Waals surface area (Å²) in [7, 11) is 3.45. The fourth-order valence-electron chi connectivity index (χ4n) is 4.86. The highest BCUT2D eigenvalue weighted by molar-refractivity contribution is 6.34. The van der Waals surface area contributed by atoms with E-state index in [1.165, 1.54) is 4.68 Å². The molecule has 0 bridgehead atoms.